The first-order valence-electron chi connectivity index (χ1n) is 8.63. The van der Waals surface area contributed by atoms with Gasteiger partial charge in [0, 0.05) is 25.7 Å². The van der Waals surface area contributed by atoms with Crippen molar-refractivity contribution in [2.24, 2.45) is 10.9 Å². The zero-order valence-electron chi connectivity index (χ0n) is 14.1. The van der Waals surface area contributed by atoms with Gasteiger partial charge < -0.3 is 20.3 Å². The summed E-state index contributed by atoms with van der Waals surface area (Å²) >= 11 is 0. The molecule has 2 aliphatic rings. The number of esters is 1. The van der Waals surface area contributed by atoms with Crippen molar-refractivity contribution in [2.45, 2.75) is 45.6 Å². The molecule has 0 radical (unpaired) electrons. The van der Waals surface area contributed by atoms with Crippen LogP contribution in [0, 0.1) is 5.92 Å². The molecular weight excluding hydrogens is 296 g/mol. The molecule has 1 aliphatic heterocycles. The molecule has 1 aliphatic carbocycles. The largest absolute Gasteiger partial charge is 0.466 e. The van der Waals surface area contributed by atoms with Crippen LogP contribution < -0.4 is 10.6 Å². The quantitative estimate of drug-likeness (QED) is 0.422. The van der Waals surface area contributed by atoms with Crippen molar-refractivity contribution in [3.05, 3.63) is 0 Å². The van der Waals surface area contributed by atoms with E-state index in [9.17, 15) is 9.59 Å². The highest BCUT2D eigenvalue weighted by Crippen LogP contribution is 2.19. The van der Waals surface area contributed by atoms with Crippen LogP contribution in [0.25, 0.3) is 0 Å². The molecule has 23 heavy (non-hydrogen) atoms. The number of hydrogen-bond acceptors (Lipinski definition) is 4. The minimum Gasteiger partial charge on any atom is -0.466 e. The summed E-state index contributed by atoms with van der Waals surface area (Å²) in [5, 5.41) is 6.14. The zero-order valence-corrected chi connectivity index (χ0v) is 14.1. The Morgan fingerprint density at radius 3 is 2.70 bits per heavy atom. The Balaban J connectivity index is 1.92. The molecule has 0 spiro atoms. The predicted octanol–water partition coefficient (Wildman–Crippen LogP) is 0.506. The molecule has 130 valence electrons. The van der Waals surface area contributed by atoms with Crippen molar-refractivity contribution in [2.75, 3.05) is 32.8 Å². The molecule has 0 aromatic rings. The van der Waals surface area contributed by atoms with E-state index < -0.39 is 0 Å². The van der Waals surface area contributed by atoms with Gasteiger partial charge in [-0.1, -0.05) is 0 Å². The molecule has 0 aromatic carbocycles. The van der Waals surface area contributed by atoms with Crippen molar-refractivity contribution < 1.29 is 14.3 Å². The fraction of sp³-hybridized carbons (Fsp3) is 0.812. The van der Waals surface area contributed by atoms with Crippen LogP contribution in [0.15, 0.2) is 4.99 Å². The van der Waals surface area contributed by atoms with Crippen LogP contribution in [0.5, 0.6) is 0 Å². The minimum absolute atomic E-state index is 0.0399. The zero-order chi connectivity index (χ0) is 16.7. The third-order valence-corrected chi connectivity index (χ3v) is 3.99. The molecule has 7 heteroatoms. The van der Waals surface area contributed by atoms with Gasteiger partial charge in [-0.15, -0.1) is 0 Å². The Hall–Kier alpha value is -1.79. The van der Waals surface area contributed by atoms with Crippen LogP contribution in [0.1, 0.15) is 39.5 Å². The average molecular weight is 324 g/mol. The molecular formula is C16H28N4O3. The highest BCUT2D eigenvalue weighted by Gasteiger charge is 2.28. The van der Waals surface area contributed by atoms with Gasteiger partial charge in [-0.3, -0.25) is 9.59 Å². The lowest BCUT2D eigenvalue weighted by Crippen LogP contribution is -2.48. The molecule has 2 fully saturated rings. The van der Waals surface area contributed by atoms with E-state index in [4.69, 9.17) is 4.74 Å². The van der Waals surface area contributed by atoms with Crippen molar-refractivity contribution in [1.82, 2.24) is 15.5 Å². The number of carbonyl (C=O) groups excluding carboxylic acids is 2. The van der Waals surface area contributed by atoms with E-state index in [0.717, 1.165) is 38.8 Å². The van der Waals surface area contributed by atoms with E-state index in [0.29, 0.717) is 25.2 Å². The van der Waals surface area contributed by atoms with E-state index >= 15 is 0 Å². The van der Waals surface area contributed by atoms with E-state index in [2.05, 4.69) is 20.5 Å². The number of aliphatic imine (C=N–C) groups is 1. The summed E-state index contributed by atoms with van der Waals surface area (Å²) in [7, 11) is 0. The maximum Gasteiger partial charge on any atom is 0.310 e. The predicted molar refractivity (Wildman–Crippen MR) is 88.1 cm³/mol. The maximum absolute atomic E-state index is 11.9. The van der Waals surface area contributed by atoms with Crippen LogP contribution in [-0.2, 0) is 14.3 Å². The van der Waals surface area contributed by atoms with Crippen LogP contribution >= 0.6 is 0 Å². The minimum atomic E-state index is -0.139. The van der Waals surface area contributed by atoms with Gasteiger partial charge in [0.15, 0.2) is 5.96 Å². The smallest absolute Gasteiger partial charge is 0.310 e. The van der Waals surface area contributed by atoms with Gasteiger partial charge >= 0.3 is 5.97 Å². The summed E-state index contributed by atoms with van der Waals surface area (Å²) in [6.45, 7) is 6.50. The van der Waals surface area contributed by atoms with E-state index in [1.54, 1.807) is 0 Å². The van der Waals surface area contributed by atoms with Gasteiger partial charge in [0.05, 0.1) is 12.5 Å². The van der Waals surface area contributed by atoms with Gasteiger partial charge in [0.25, 0.3) is 0 Å². The Morgan fingerprint density at radius 1 is 1.26 bits per heavy atom. The second-order valence-electron chi connectivity index (χ2n) is 6.05. The molecule has 1 heterocycles. The standard InChI is InChI=1S/C16H28N4O3/c1-3-17-16(18-10-14(21)19-13-7-8-13)20-9-5-6-12(11-20)15(22)23-4-2/h12-13H,3-11H2,1-2H3,(H,17,18)(H,19,21). The number of nitrogens with one attached hydrogen (secondary N) is 2. The lowest BCUT2D eigenvalue weighted by Gasteiger charge is -2.33. The van der Waals surface area contributed by atoms with Crippen molar-refractivity contribution in [3.63, 3.8) is 0 Å². The van der Waals surface area contributed by atoms with E-state index in [1.165, 1.54) is 0 Å². The topological polar surface area (TPSA) is 83.0 Å². The molecule has 1 amide bonds. The number of guanidine groups is 1. The molecule has 0 bridgehead atoms. The van der Waals surface area contributed by atoms with Crippen LogP contribution in [0.3, 0.4) is 0 Å². The van der Waals surface area contributed by atoms with E-state index in [-0.39, 0.29) is 24.3 Å². The summed E-state index contributed by atoms with van der Waals surface area (Å²) < 4.78 is 5.13. The SMILES string of the molecule is CCNC(=NCC(=O)NC1CC1)N1CCCC(C(=O)OCC)C1. The number of hydrogen-bond donors (Lipinski definition) is 2. The fourth-order valence-electron chi connectivity index (χ4n) is 2.70. The highest BCUT2D eigenvalue weighted by molar-refractivity contribution is 5.85. The molecule has 2 N–H and O–H groups in total. The summed E-state index contributed by atoms with van der Waals surface area (Å²) in [6, 6.07) is 0.350. The van der Waals surface area contributed by atoms with Gasteiger partial charge in [-0.05, 0) is 39.5 Å². The Kier molecular flexibility index (Phi) is 6.67. The van der Waals surface area contributed by atoms with Crippen molar-refractivity contribution >= 4 is 17.8 Å². The van der Waals surface area contributed by atoms with Crippen LogP contribution in [0.4, 0.5) is 0 Å². The number of piperidine rings is 1. The number of likely N-dealkylation sites (tertiary alicyclic amines) is 1. The van der Waals surface area contributed by atoms with Gasteiger partial charge in [0.2, 0.25) is 5.91 Å². The summed E-state index contributed by atoms with van der Waals surface area (Å²) in [6.07, 6.45) is 3.91. The van der Waals surface area contributed by atoms with Crippen molar-refractivity contribution in [3.8, 4) is 0 Å². The summed E-state index contributed by atoms with van der Waals surface area (Å²) in [5.74, 6) is 0.404. The van der Waals surface area contributed by atoms with Crippen LogP contribution in [-0.4, -0.2) is 61.6 Å². The number of amides is 1. The average Bonchev–Trinajstić information content (AvgIpc) is 3.35. The highest BCUT2D eigenvalue weighted by atomic mass is 16.5. The molecule has 0 aromatic heterocycles. The number of ether oxygens (including phenoxy) is 1. The number of rotatable bonds is 6. The number of carbonyl (C=O) groups is 2. The second kappa shape index (κ2) is 8.74. The normalized spacial score (nSPS) is 21.7. The first kappa shape index (κ1) is 17.6. The summed E-state index contributed by atoms with van der Waals surface area (Å²) in [5.41, 5.74) is 0. The molecule has 1 saturated heterocycles. The lowest BCUT2D eigenvalue weighted by atomic mass is 9.98. The second-order valence-corrected chi connectivity index (χ2v) is 6.05. The van der Waals surface area contributed by atoms with E-state index in [1.807, 2.05) is 13.8 Å². The van der Waals surface area contributed by atoms with Gasteiger partial charge in [-0.25, -0.2) is 4.99 Å². The van der Waals surface area contributed by atoms with Crippen LogP contribution in [0.2, 0.25) is 0 Å². The third-order valence-electron chi connectivity index (χ3n) is 3.99. The maximum atomic E-state index is 11.9. The van der Waals surface area contributed by atoms with Gasteiger partial charge in [0.1, 0.15) is 6.54 Å². The molecule has 1 saturated carbocycles. The van der Waals surface area contributed by atoms with Crippen molar-refractivity contribution in [1.29, 1.82) is 0 Å². The Labute approximate surface area is 137 Å². The fourth-order valence-corrected chi connectivity index (χ4v) is 2.70. The first-order chi connectivity index (χ1) is 11.1. The molecule has 1 atom stereocenters. The molecule has 1 unspecified atom stereocenters. The molecule has 2 rings (SSSR count). The number of nitrogens with zero attached hydrogens (tertiary/aromatic N) is 2. The Bertz CT molecular complexity index is 449. The van der Waals surface area contributed by atoms with Gasteiger partial charge in [-0.2, -0.15) is 0 Å². The molecule has 7 nitrogen and oxygen atoms in total. The first-order valence-corrected chi connectivity index (χ1v) is 8.63. The summed E-state index contributed by atoms with van der Waals surface area (Å²) in [4.78, 5) is 30.2. The Morgan fingerprint density at radius 2 is 2.04 bits per heavy atom. The lowest BCUT2D eigenvalue weighted by molar-refractivity contribution is -0.149. The third kappa shape index (κ3) is 5.73. The monoisotopic (exact) mass is 324 g/mol.